The third-order valence-electron chi connectivity index (χ3n) is 4.35. The van der Waals surface area contributed by atoms with Crippen molar-refractivity contribution >= 4 is 23.2 Å². The molecule has 1 aliphatic rings. The summed E-state index contributed by atoms with van der Waals surface area (Å²) < 4.78 is 5.34. The maximum atomic E-state index is 12.4. The number of para-hydroxylation sites is 1. The van der Waals surface area contributed by atoms with Gasteiger partial charge in [-0.25, -0.2) is 0 Å². The molecule has 128 valence electrons. The van der Waals surface area contributed by atoms with Gasteiger partial charge in [-0.05, 0) is 31.2 Å². The zero-order chi connectivity index (χ0) is 16.9. The average Bonchev–Trinajstić information content (AvgIpc) is 3.15. The molecule has 2 aromatic rings. The van der Waals surface area contributed by atoms with Crippen molar-refractivity contribution in [1.82, 2.24) is 10.2 Å². The van der Waals surface area contributed by atoms with E-state index in [1.807, 2.05) is 48.2 Å². The van der Waals surface area contributed by atoms with E-state index in [9.17, 15) is 4.79 Å². The van der Waals surface area contributed by atoms with Crippen LogP contribution in [0.25, 0.3) is 0 Å². The molecule has 1 fully saturated rings. The molecule has 1 saturated heterocycles. The van der Waals surface area contributed by atoms with Gasteiger partial charge in [-0.1, -0.05) is 23.7 Å². The molecular weight excluding hydrogens is 326 g/mol. The number of carbonyl (C=O) groups is 1. The van der Waals surface area contributed by atoms with Crippen LogP contribution in [0.15, 0.2) is 47.1 Å². The van der Waals surface area contributed by atoms with E-state index >= 15 is 0 Å². The summed E-state index contributed by atoms with van der Waals surface area (Å²) >= 11 is 6.25. The number of amides is 1. The van der Waals surface area contributed by atoms with Gasteiger partial charge in [-0.2, -0.15) is 0 Å². The Labute approximate surface area is 147 Å². The van der Waals surface area contributed by atoms with Crippen LogP contribution in [0.2, 0.25) is 5.02 Å². The lowest BCUT2D eigenvalue weighted by molar-refractivity contribution is -0.130. The van der Waals surface area contributed by atoms with Crippen LogP contribution in [0.1, 0.15) is 18.7 Å². The fraction of sp³-hybridized carbons (Fsp3) is 0.389. The summed E-state index contributed by atoms with van der Waals surface area (Å²) in [6.07, 6.45) is 1.64. The molecule has 6 heteroatoms. The second-order valence-electron chi connectivity index (χ2n) is 5.94. The monoisotopic (exact) mass is 347 g/mol. The summed E-state index contributed by atoms with van der Waals surface area (Å²) in [5.74, 6) is 0.957. The van der Waals surface area contributed by atoms with E-state index in [0.29, 0.717) is 19.6 Å². The molecule has 0 saturated carbocycles. The summed E-state index contributed by atoms with van der Waals surface area (Å²) in [5, 5.41) is 3.97. The van der Waals surface area contributed by atoms with Gasteiger partial charge in [0.2, 0.25) is 5.91 Å². The predicted molar refractivity (Wildman–Crippen MR) is 95.4 cm³/mol. The molecule has 1 N–H and O–H groups in total. The van der Waals surface area contributed by atoms with Gasteiger partial charge in [0.25, 0.3) is 0 Å². The minimum Gasteiger partial charge on any atom is -0.468 e. The quantitative estimate of drug-likeness (QED) is 0.903. The zero-order valence-electron chi connectivity index (χ0n) is 13.7. The first kappa shape index (κ1) is 16.9. The maximum absolute atomic E-state index is 12.4. The van der Waals surface area contributed by atoms with Crippen LogP contribution in [-0.4, -0.2) is 43.5 Å². The molecule has 24 heavy (non-hydrogen) atoms. The largest absolute Gasteiger partial charge is 0.468 e. The van der Waals surface area contributed by atoms with Crippen LogP contribution < -0.4 is 10.2 Å². The molecule has 1 aromatic heterocycles. The Balaban J connectivity index is 1.48. The number of benzene rings is 1. The predicted octanol–water partition coefficient (Wildman–Crippen LogP) is 2.93. The van der Waals surface area contributed by atoms with Crippen molar-refractivity contribution < 1.29 is 9.21 Å². The number of nitrogens with zero attached hydrogens (tertiary/aromatic N) is 2. The summed E-state index contributed by atoms with van der Waals surface area (Å²) in [4.78, 5) is 16.5. The van der Waals surface area contributed by atoms with Gasteiger partial charge in [-0.3, -0.25) is 10.1 Å². The SMILES string of the molecule is C[C@H](NCC(=O)N1CCN(c2ccccc2Cl)CC1)c1ccco1. The van der Waals surface area contributed by atoms with E-state index < -0.39 is 0 Å². The number of rotatable bonds is 5. The molecule has 0 bridgehead atoms. The second kappa shape index (κ2) is 7.73. The third kappa shape index (κ3) is 3.91. The molecule has 0 unspecified atom stereocenters. The van der Waals surface area contributed by atoms with Crippen molar-refractivity contribution in [1.29, 1.82) is 0 Å². The molecular formula is C18H22ClN3O2. The highest BCUT2D eigenvalue weighted by atomic mass is 35.5. The smallest absolute Gasteiger partial charge is 0.236 e. The summed E-state index contributed by atoms with van der Waals surface area (Å²) in [7, 11) is 0. The molecule has 0 spiro atoms. The van der Waals surface area contributed by atoms with Gasteiger partial charge in [0, 0.05) is 26.2 Å². The lowest BCUT2D eigenvalue weighted by atomic mass is 10.2. The Morgan fingerprint density at radius 1 is 1.21 bits per heavy atom. The van der Waals surface area contributed by atoms with E-state index in [-0.39, 0.29) is 11.9 Å². The van der Waals surface area contributed by atoms with Crippen molar-refractivity contribution in [2.75, 3.05) is 37.6 Å². The van der Waals surface area contributed by atoms with Gasteiger partial charge >= 0.3 is 0 Å². The van der Waals surface area contributed by atoms with Crippen LogP contribution in [0.4, 0.5) is 5.69 Å². The summed E-state index contributed by atoms with van der Waals surface area (Å²) in [6, 6.07) is 11.6. The van der Waals surface area contributed by atoms with Gasteiger partial charge in [0.15, 0.2) is 0 Å². The van der Waals surface area contributed by atoms with Crippen LogP contribution in [0.3, 0.4) is 0 Å². The molecule has 5 nitrogen and oxygen atoms in total. The van der Waals surface area contributed by atoms with E-state index in [2.05, 4.69) is 10.2 Å². The van der Waals surface area contributed by atoms with Crippen LogP contribution in [0, 0.1) is 0 Å². The third-order valence-corrected chi connectivity index (χ3v) is 4.67. The molecule has 1 amide bonds. The number of halogens is 1. The summed E-state index contributed by atoms with van der Waals surface area (Å²) in [6.45, 7) is 5.31. The number of piperazine rings is 1. The van der Waals surface area contributed by atoms with E-state index in [1.165, 1.54) is 0 Å². The van der Waals surface area contributed by atoms with Gasteiger partial charge in [-0.15, -0.1) is 0 Å². The topological polar surface area (TPSA) is 48.7 Å². The number of hydrogen-bond acceptors (Lipinski definition) is 4. The van der Waals surface area contributed by atoms with Crippen molar-refractivity contribution in [3.05, 3.63) is 53.4 Å². The molecule has 0 aliphatic carbocycles. The highest BCUT2D eigenvalue weighted by molar-refractivity contribution is 6.33. The van der Waals surface area contributed by atoms with Crippen molar-refractivity contribution in [2.45, 2.75) is 13.0 Å². The Morgan fingerprint density at radius 3 is 2.62 bits per heavy atom. The molecule has 0 radical (unpaired) electrons. The lowest BCUT2D eigenvalue weighted by Gasteiger charge is -2.36. The number of anilines is 1. The van der Waals surface area contributed by atoms with Crippen LogP contribution in [0.5, 0.6) is 0 Å². The molecule has 1 aliphatic heterocycles. The highest BCUT2D eigenvalue weighted by Crippen LogP contribution is 2.26. The molecule has 2 heterocycles. The molecule has 1 atom stereocenters. The number of carbonyl (C=O) groups excluding carboxylic acids is 1. The van der Waals surface area contributed by atoms with Crippen molar-refractivity contribution in [2.24, 2.45) is 0 Å². The summed E-state index contributed by atoms with van der Waals surface area (Å²) in [5.41, 5.74) is 1.04. The average molecular weight is 348 g/mol. The first-order valence-corrected chi connectivity index (χ1v) is 8.57. The molecule has 3 rings (SSSR count). The number of hydrogen-bond donors (Lipinski definition) is 1. The Kier molecular flexibility index (Phi) is 5.43. The number of furan rings is 1. The van der Waals surface area contributed by atoms with Crippen LogP contribution >= 0.6 is 11.6 Å². The van der Waals surface area contributed by atoms with E-state index in [4.69, 9.17) is 16.0 Å². The number of nitrogens with one attached hydrogen (secondary N) is 1. The fourth-order valence-corrected chi connectivity index (χ4v) is 3.15. The zero-order valence-corrected chi connectivity index (χ0v) is 14.5. The van der Waals surface area contributed by atoms with Crippen LogP contribution in [-0.2, 0) is 4.79 Å². The Morgan fingerprint density at radius 2 is 1.96 bits per heavy atom. The first-order chi connectivity index (χ1) is 11.6. The minimum absolute atomic E-state index is 0.0216. The Hall–Kier alpha value is -1.98. The molecule has 1 aromatic carbocycles. The van der Waals surface area contributed by atoms with E-state index in [0.717, 1.165) is 29.6 Å². The standard InChI is InChI=1S/C18H22ClN3O2/c1-14(17-7-4-12-24-17)20-13-18(23)22-10-8-21(9-11-22)16-6-3-2-5-15(16)19/h2-7,12,14,20H,8-11,13H2,1H3/t14-/m0/s1. The fourth-order valence-electron chi connectivity index (χ4n) is 2.90. The van der Waals surface area contributed by atoms with Crippen molar-refractivity contribution in [3.63, 3.8) is 0 Å². The minimum atomic E-state index is 0.0216. The van der Waals surface area contributed by atoms with Crippen molar-refractivity contribution in [3.8, 4) is 0 Å². The lowest BCUT2D eigenvalue weighted by Crippen LogP contribution is -2.51. The van der Waals surface area contributed by atoms with Gasteiger partial charge in [0.1, 0.15) is 5.76 Å². The van der Waals surface area contributed by atoms with E-state index in [1.54, 1.807) is 6.26 Å². The van der Waals surface area contributed by atoms with Gasteiger partial charge in [0.05, 0.1) is 29.6 Å². The second-order valence-corrected chi connectivity index (χ2v) is 6.34. The normalized spacial score (nSPS) is 16.2. The Bertz CT molecular complexity index is 667. The first-order valence-electron chi connectivity index (χ1n) is 8.19. The highest BCUT2D eigenvalue weighted by Gasteiger charge is 2.22. The van der Waals surface area contributed by atoms with Gasteiger partial charge < -0.3 is 14.2 Å². The maximum Gasteiger partial charge on any atom is 0.236 e.